The zero-order valence-electron chi connectivity index (χ0n) is 10.6. The van der Waals surface area contributed by atoms with Crippen LogP contribution >= 0.6 is 11.8 Å². The molecule has 1 aromatic carbocycles. The molecule has 0 bridgehead atoms. The van der Waals surface area contributed by atoms with E-state index in [2.05, 4.69) is 11.2 Å². The van der Waals surface area contributed by atoms with E-state index in [-0.39, 0.29) is 11.2 Å². The number of rotatable bonds is 4. The van der Waals surface area contributed by atoms with Gasteiger partial charge < -0.3 is 4.84 Å². The molecular weight excluding hydrogens is 260 g/mol. The first-order valence-corrected chi connectivity index (χ1v) is 7.10. The summed E-state index contributed by atoms with van der Waals surface area (Å²) < 4.78 is 0. The van der Waals surface area contributed by atoms with E-state index in [4.69, 9.17) is 10.1 Å². The van der Waals surface area contributed by atoms with Crippen molar-refractivity contribution in [2.45, 2.75) is 25.9 Å². The largest absolute Gasteiger partial charge is 0.391 e. The van der Waals surface area contributed by atoms with Gasteiger partial charge >= 0.3 is 0 Å². The number of thioether (sulfide) groups is 1. The van der Waals surface area contributed by atoms with E-state index in [1.165, 1.54) is 11.8 Å². The number of oxime groups is 1. The van der Waals surface area contributed by atoms with Gasteiger partial charge in [0.05, 0.1) is 23.8 Å². The Morgan fingerprint density at radius 3 is 2.89 bits per heavy atom. The lowest BCUT2D eigenvalue weighted by atomic mass is 10.0. The Balaban J connectivity index is 1.94. The summed E-state index contributed by atoms with van der Waals surface area (Å²) >= 11 is 1.31. The molecule has 0 aliphatic carbocycles. The van der Waals surface area contributed by atoms with E-state index in [0.29, 0.717) is 18.4 Å². The number of hydrogen-bond acceptors (Lipinski definition) is 5. The molecule has 0 amide bonds. The van der Waals surface area contributed by atoms with Crippen LogP contribution in [0.3, 0.4) is 0 Å². The summed E-state index contributed by atoms with van der Waals surface area (Å²) in [5.41, 5.74) is 2.40. The Bertz CT molecular complexity index is 531. The first-order chi connectivity index (χ1) is 9.22. The molecule has 19 heavy (non-hydrogen) atoms. The molecule has 0 unspecified atom stereocenters. The molecule has 0 fully saturated rings. The Morgan fingerprint density at radius 1 is 1.53 bits per heavy atom. The van der Waals surface area contributed by atoms with E-state index in [9.17, 15) is 4.79 Å². The fourth-order valence-electron chi connectivity index (χ4n) is 1.85. The minimum Gasteiger partial charge on any atom is -0.391 e. The second kappa shape index (κ2) is 6.39. The van der Waals surface area contributed by atoms with Crippen molar-refractivity contribution in [3.8, 4) is 6.07 Å². The maximum absolute atomic E-state index is 11.5. The van der Waals surface area contributed by atoms with Crippen LogP contribution in [0.15, 0.2) is 29.4 Å². The van der Waals surface area contributed by atoms with Crippen LogP contribution in [0.4, 0.5) is 0 Å². The molecule has 5 heteroatoms. The molecular formula is C14H14N2O2S. The van der Waals surface area contributed by atoms with E-state index in [1.54, 1.807) is 12.1 Å². The lowest BCUT2D eigenvalue weighted by Gasteiger charge is -2.05. The summed E-state index contributed by atoms with van der Waals surface area (Å²) in [6.45, 7) is 1.96. The van der Waals surface area contributed by atoms with Crippen molar-refractivity contribution in [3.63, 3.8) is 0 Å². The second-order valence-electron chi connectivity index (χ2n) is 4.17. The van der Waals surface area contributed by atoms with Crippen LogP contribution in [0.1, 0.15) is 30.9 Å². The third-order valence-corrected chi connectivity index (χ3v) is 3.56. The molecule has 2 rings (SSSR count). The first kappa shape index (κ1) is 13.6. The van der Waals surface area contributed by atoms with Gasteiger partial charge in [0, 0.05) is 6.42 Å². The number of nitrogens with zero attached hydrogens (tertiary/aromatic N) is 2. The Kier molecular flexibility index (Phi) is 4.58. The van der Waals surface area contributed by atoms with Gasteiger partial charge in [0.15, 0.2) is 5.12 Å². The van der Waals surface area contributed by atoms with Gasteiger partial charge in [0.25, 0.3) is 0 Å². The normalized spacial score (nSPS) is 17.5. The van der Waals surface area contributed by atoms with Gasteiger partial charge in [-0.25, -0.2) is 0 Å². The first-order valence-electron chi connectivity index (χ1n) is 6.11. The van der Waals surface area contributed by atoms with Gasteiger partial charge in [-0.05, 0) is 23.4 Å². The molecule has 1 heterocycles. The second-order valence-corrected chi connectivity index (χ2v) is 5.49. The fourth-order valence-corrected chi connectivity index (χ4v) is 2.48. The summed E-state index contributed by atoms with van der Waals surface area (Å²) in [5.74, 6) is 0.787. The van der Waals surface area contributed by atoms with Crippen LogP contribution in [0.25, 0.3) is 0 Å². The van der Waals surface area contributed by atoms with Crippen molar-refractivity contribution in [3.05, 3.63) is 35.4 Å². The highest BCUT2D eigenvalue weighted by Crippen LogP contribution is 2.21. The standard InChI is InChI=1S/C14H14N2O2S/c1-2-19-14(17)8-12-7-13(16-18-12)11-5-3-10(9-15)4-6-11/h3-6,12H,2,7-8H2,1H3/t12-/m1/s1. The molecule has 1 aromatic rings. The Labute approximate surface area is 116 Å². The van der Waals surface area contributed by atoms with Gasteiger partial charge in [-0.15, -0.1) is 0 Å². The van der Waals surface area contributed by atoms with Gasteiger partial charge in [0.1, 0.15) is 6.10 Å². The SMILES string of the molecule is CCSC(=O)C[C@H]1CC(c2ccc(C#N)cc2)=NO1. The average Bonchev–Trinajstić information content (AvgIpc) is 2.87. The van der Waals surface area contributed by atoms with Crippen LogP contribution in [-0.2, 0) is 9.63 Å². The number of nitriles is 1. The Morgan fingerprint density at radius 2 is 2.26 bits per heavy atom. The lowest BCUT2D eigenvalue weighted by molar-refractivity contribution is -0.113. The van der Waals surface area contributed by atoms with Crippen molar-refractivity contribution in [1.82, 2.24) is 0 Å². The molecule has 1 aliphatic heterocycles. The highest BCUT2D eigenvalue weighted by molar-refractivity contribution is 8.13. The van der Waals surface area contributed by atoms with Crippen molar-refractivity contribution >= 4 is 22.6 Å². The highest BCUT2D eigenvalue weighted by Gasteiger charge is 2.24. The number of carbonyl (C=O) groups excluding carboxylic acids is 1. The van der Waals surface area contributed by atoms with E-state index in [1.807, 2.05) is 19.1 Å². The molecule has 0 spiro atoms. The minimum absolute atomic E-state index is 0.142. The third-order valence-electron chi connectivity index (χ3n) is 2.78. The summed E-state index contributed by atoms with van der Waals surface area (Å²) in [7, 11) is 0. The third kappa shape index (κ3) is 3.58. The maximum atomic E-state index is 11.5. The minimum atomic E-state index is -0.155. The van der Waals surface area contributed by atoms with Crippen LogP contribution in [0.5, 0.6) is 0 Å². The summed E-state index contributed by atoms with van der Waals surface area (Å²) in [4.78, 5) is 16.8. The van der Waals surface area contributed by atoms with Crippen molar-refractivity contribution in [2.24, 2.45) is 5.16 Å². The number of hydrogen-bond donors (Lipinski definition) is 0. The molecule has 0 saturated heterocycles. The Hall–Kier alpha value is -1.80. The number of benzene rings is 1. The van der Waals surface area contributed by atoms with Crippen LogP contribution in [-0.4, -0.2) is 22.7 Å². The van der Waals surface area contributed by atoms with Gasteiger partial charge in [-0.1, -0.05) is 36.0 Å². The van der Waals surface area contributed by atoms with Gasteiger partial charge in [-0.3, -0.25) is 4.79 Å². The molecule has 1 atom stereocenters. The fraction of sp³-hybridized carbons (Fsp3) is 0.357. The quantitative estimate of drug-likeness (QED) is 0.847. The van der Waals surface area contributed by atoms with Crippen molar-refractivity contribution in [2.75, 3.05) is 5.75 Å². The maximum Gasteiger partial charge on any atom is 0.192 e. The number of carbonyl (C=O) groups is 1. The van der Waals surface area contributed by atoms with Crippen LogP contribution in [0, 0.1) is 11.3 Å². The summed E-state index contributed by atoms with van der Waals surface area (Å²) in [5, 5.41) is 12.9. The molecule has 0 N–H and O–H groups in total. The zero-order valence-corrected chi connectivity index (χ0v) is 11.4. The van der Waals surface area contributed by atoms with Crippen molar-refractivity contribution in [1.29, 1.82) is 5.26 Å². The van der Waals surface area contributed by atoms with E-state index >= 15 is 0 Å². The van der Waals surface area contributed by atoms with Crippen LogP contribution in [0.2, 0.25) is 0 Å². The molecule has 98 valence electrons. The molecule has 1 aliphatic rings. The molecule has 0 saturated carbocycles. The predicted molar refractivity (Wildman–Crippen MR) is 74.9 cm³/mol. The summed E-state index contributed by atoms with van der Waals surface area (Å²) in [6.07, 6.45) is 0.876. The average molecular weight is 274 g/mol. The van der Waals surface area contributed by atoms with E-state index in [0.717, 1.165) is 17.0 Å². The summed E-state index contributed by atoms with van der Waals surface area (Å²) in [6, 6.07) is 9.29. The van der Waals surface area contributed by atoms with Gasteiger partial charge in [0.2, 0.25) is 0 Å². The zero-order chi connectivity index (χ0) is 13.7. The van der Waals surface area contributed by atoms with Crippen molar-refractivity contribution < 1.29 is 9.63 Å². The lowest BCUT2D eigenvalue weighted by Crippen LogP contribution is -2.12. The van der Waals surface area contributed by atoms with E-state index < -0.39 is 0 Å². The molecule has 0 radical (unpaired) electrons. The van der Waals surface area contributed by atoms with Gasteiger partial charge in [-0.2, -0.15) is 5.26 Å². The molecule has 0 aromatic heterocycles. The molecule has 4 nitrogen and oxygen atoms in total. The highest BCUT2D eigenvalue weighted by atomic mass is 32.2. The predicted octanol–water partition coefficient (Wildman–Crippen LogP) is 2.72. The topological polar surface area (TPSA) is 62.5 Å². The van der Waals surface area contributed by atoms with Crippen LogP contribution < -0.4 is 0 Å². The monoisotopic (exact) mass is 274 g/mol. The smallest absolute Gasteiger partial charge is 0.192 e.